The van der Waals surface area contributed by atoms with Crippen molar-refractivity contribution < 1.29 is 14.6 Å². The number of β-amino-alcohol motifs (C(OH)–C–C–N with tert-alkyl or cyclic N) is 1. The Morgan fingerprint density at radius 3 is 2.55 bits per heavy atom. The molecule has 0 spiro atoms. The lowest BCUT2D eigenvalue weighted by molar-refractivity contribution is 0.00292. The Morgan fingerprint density at radius 2 is 2.00 bits per heavy atom. The van der Waals surface area contributed by atoms with Gasteiger partial charge in [-0.1, -0.05) is 0 Å². The molecule has 20 heavy (non-hydrogen) atoms. The fourth-order valence-electron chi connectivity index (χ4n) is 2.87. The number of rotatable bonds is 4. The van der Waals surface area contributed by atoms with Gasteiger partial charge < -0.3 is 14.7 Å². The fourth-order valence-corrected chi connectivity index (χ4v) is 2.87. The van der Waals surface area contributed by atoms with Crippen molar-refractivity contribution in [3.05, 3.63) is 0 Å². The van der Waals surface area contributed by atoms with Crippen LogP contribution in [0.4, 0.5) is 4.79 Å². The number of aliphatic hydroxyl groups is 1. The van der Waals surface area contributed by atoms with E-state index in [1.54, 1.807) is 0 Å². The van der Waals surface area contributed by atoms with Gasteiger partial charge in [-0.15, -0.1) is 0 Å². The lowest BCUT2D eigenvalue weighted by Crippen LogP contribution is -2.52. The molecule has 0 aromatic heterocycles. The standard InChI is InChI=1S/C15H28N2O3/c1-15(2,3)20-14(19)17(12-6-7-12)13-5-4-8-16(11-13)9-10-18/h12-13,18H,4-11H2,1-3H3. The van der Waals surface area contributed by atoms with Crippen molar-refractivity contribution in [3.8, 4) is 0 Å². The summed E-state index contributed by atoms with van der Waals surface area (Å²) in [5.41, 5.74) is -0.441. The van der Waals surface area contributed by atoms with Gasteiger partial charge in [0, 0.05) is 25.2 Å². The van der Waals surface area contributed by atoms with Crippen LogP contribution in [0.25, 0.3) is 0 Å². The van der Waals surface area contributed by atoms with Crippen LogP contribution in [0.1, 0.15) is 46.5 Å². The Kier molecular flexibility index (Phi) is 4.91. The van der Waals surface area contributed by atoms with Crippen molar-refractivity contribution in [1.82, 2.24) is 9.80 Å². The lowest BCUT2D eigenvalue weighted by Gasteiger charge is -2.39. The number of carbonyl (C=O) groups is 1. The molecule has 2 rings (SSSR count). The molecule has 0 aromatic rings. The average Bonchev–Trinajstić information content (AvgIpc) is 3.12. The van der Waals surface area contributed by atoms with Crippen LogP contribution in [0.3, 0.4) is 0 Å². The quantitative estimate of drug-likeness (QED) is 0.856. The third-order valence-corrected chi connectivity index (χ3v) is 3.83. The largest absolute Gasteiger partial charge is 0.444 e. The Bertz CT molecular complexity index is 335. The molecule has 5 nitrogen and oxygen atoms in total. The minimum absolute atomic E-state index is 0.171. The van der Waals surface area contributed by atoms with Gasteiger partial charge in [-0.05, 0) is 53.0 Å². The summed E-state index contributed by atoms with van der Waals surface area (Å²) in [6.45, 7) is 8.49. The maximum atomic E-state index is 12.4. The number of hydrogen-bond donors (Lipinski definition) is 1. The van der Waals surface area contributed by atoms with Crippen molar-refractivity contribution in [2.75, 3.05) is 26.2 Å². The van der Waals surface area contributed by atoms with Gasteiger partial charge in [0.2, 0.25) is 0 Å². The smallest absolute Gasteiger partial charge is 0.410 e. The Labute approximate surface area is 121 Å². The monoisotopic (exact) mass is 284 g/mol. The molecule has 1 saturated heterocycles. The number of carbonyl (C=O) groups excluding carboxylic acids is 1. The molecule has 0 radical (unpaired) electrons. The molecule has 0 aromatic carbocycles. The maximum absolute atomic E-state index is 12.4. The van der Waals surface area contributed by atoms with Gasteiger partial charge in [0.25, 0.3) is 0 Å². The molecule has 2 fully saturated rings. The van der Waals surface area contributed by atoms with Crippen molar-refractivity contribution in [3.63, 3.8) is 0 Å². The summed E-state index contributed by atoms with van der Waals surface area (Å²) in [7, 11) is 0. The summed E-state index contributed by atoms with van der Waals surface area (Å²) in [5, 5.41) is 9.08. The van der Waals surface area contributed by atoms with E-state index >= 15 is 0 Å². The van der Waals surface area contributed by atoms with E-state index in [1.165, 1.54) is 0 Å². The predicted octanol–water partition coefficient (Wildman–Crippen LogP) is 1.84. The Balaban J connectivity index is 1.99. The van der Waals surface area contributed by atoms with Crippen molar-refractivity contribution in [1.29, 1.82) is 0 Å². The summed E-state index contributed by atoms with van der Waals surface area (Å²) in [6, 6.07) is 0.599. The number of ether oxygens (including phenoxy) is 1. The lowest BCUT2D eigenvalue weighted by atomic mass is 10.0. The molecule has 2 aliphatic rings. The zero-order valence-corrected chi connectivity index (χ0v) is 13.0. The molecule has 1 N–H and O–H groups in total. The molecule has 1 aliphatic carbocycles. The van der Waals surface area contributed by atoms with E-state index in [-0.39, 0.29) is 18.7 Å². The van der Waals surface area contributed by atoms with Crippen LogP contribution in [0.2, 0.25) is 0 Å². The highest BCUT2D eigenvalue weighted by molar-refractivity contribution is 5.69. The van der Waals surface area contributed by atoms with Gasteiger partial charge in [0.1, 0.15) is 5.60 Å². The second-order valence-electron chi connectivity index (χ2n) is 6.94. The van der Waals surface area contributed by atoms with Crippen molar-refractivity contribution >= 4 is 6.09 Å². The topological polar surface area (TPSA) is 53.0 Å². The van der Waals surface area contributed by atoms with Crippen LogP contribution in [-0.4, -0.2) is 64.9 Å². The van der Waals surface area contributed by atoms with Crippen LogP contribution in [-0.2, 0) is 4.74 Å². The first-order chi connectivity index (χ1) is 9.40. The van der Waals surface area contributed by atoms with Crippen LogP contribution in [0, 0.1) is 0 Å². The van der Waals surface area contributed by atoms with E-state index in [9.17, 15) is 4.79 Å². The second kappa shape index (κ2) is 6.31. The van der Waals surface area contributed by atoms with E-state index in [4.69, 9.17) is 9.84 Å². The molecule has 1 unspecified atom stereocenters. The van der Waals surface area contributed by atoms with Gasteiger partial charge in [-0.25, -0.2) is 4.79 Å². The summed E-state index contributed by atoms with van der Waals surface area (Å²) < 4.78 is 5.57. The predicted molar refractivity (Wildman–Crippen MR) is 77.6 cm³/mol. The number of nitrogens with zero attached hydrogens (tertiary/aromatic N) is 2. The Hall–Kier alpha value is -0.810. The number of hydrogen-bond acceptors (Lipinski definition) is 4. The summed E-state index contributed by atoms with van der Waals surface area (Å²) in [6.07, 6.45) is 4.13. The molecule has 0 bridgehead atoms. The van der Waals surface area contributed by atoms with Gasteiger partial charge in [-0.2, -0.15) is 0 Å². The molecule has 1 aliphatic heterocycles. The fraction of sp³-hybridized carbons (Fsp3) is 0.933. The molecular formula is C15H28N2O3. The molecule has 5 heteroatoms. The van der Waals surface area contributed by atoms with Crippen LogP contribution in [0.15, 0.2) is 0 Å². The second-order valence-corrected chi connectivity index (χ2v) is 6.94. The van der Waals surface area contributed by atoms with E-state index < -0.39 is 5.60 Å². The summed E-state index contributed by atoms with van der Waals surface area (Å²) in [5.74, 6) is 0. The normalized spacial score (nSPS) is 24.5. The molecule has 1 amide bonds. The number of amides is 1. The highest BCUT2D eigenvalue weighted by atomic mass is 16.6. The number of piperidine rings is 1. The summed E-state index contributed by atoms with van der Waals surface area (Å²) >= 11 is 0. The van der Waals surface area contributed by atoms with Gasteiger partial charge in [0.05, 0.1) is 6.61 Å². The molecule has 1 saturated carbocycles. The minimum Gasteiger partial charge on any atom is -0.444 e. The SMILES string of the molecule is CC(C)(C)OC(=O)N(C1CC1)C1CCCN(CCO)C1. The average molecular weight is 284 g/mol. The van der Waals surface area contributed by atoms with E-state index in [0.717, 1.165) is 38.8 Å². The van der Waals surface area contributed by atoms with Gasteiger partial charge in [0.15, 0.2) is 0 Å². The van der Waals surface area contributed by atoms with E-state index in [0.29, 0.717) is 12.6 Å². The highest BCUT2D eigenvalue weighted by Gasteiger charge is 2.40. The van der Waals surface area contributed by atoms with Crippen LogP contribution >= 0.6 is 0 Å². The van der Waals surface area contributed by atoms with E-state index in [1.807, 2.05) is 25.7 Å². The van der Waals surface area contributed by atoms with Crippen molar-refractivity contribution in [2.24, 2.45) is 0 Å². The van der Waals surface area contributed by atoms with Crippen molar-refractivity contribution in [2.45, 2.75) is 64.1 Å². The van der Waals surface area contributed by atoms with Crippen LogP contribution < -0.4 is 0 Å². The molecule has 116 valence electrons. The van der Waals surface area contributed by atoms with E-state index in [2.05, 4.69) is 4.90 Å². The van der Waals surface area contributed by atoms with Gasteiger partial charge in [-0.3, -0.25) is 4.90 Å². The zero-order chi connectivity index (χ0) is 14.8. The minimum atomic E-state index is -0.441. The van der Waals surface area contributed by atoms with Gasteiger partial charge >= 0.3 is 6.09 Å². The zero-order valence-electron chi connectivity index (χ0n) is 13.0. The third-order valence-electron chi connectivity index (χ3n) is 3.83. The third kappa shape index (κ3) is 4.35. The highest BCUT2D eigenvalue weighted by Crippen LogP contribution is 2.32. The molecule has 1 atom stereocenters. The maximum Gasteiger partial charge on any atom is 0.410 e. The first kappa shape index (κ1) is 15.6. The first-order valence-corrected chi connectivity index (χ1v) is 7.75. The van der Waals surface area contributed by atoms with Crippen LogP contribution in [0.5, 0.6) is 0 Å². The number of likely N-dealkylation sites (tertiary alicyclic amines) is 1. The summed E-state index contributed by atoms with van der Waals surface area (Å²) in [4.78, 5) is 16.7. The number of aliphatic hydroxyl groups excluding tert-OH is 1. The first-order valence-electron chi connectivity index (χ1n) is 7.75. The molecule has 1 heterocycles. The Morgan fingerprint density at radius 1 is 1.30 bits per heavy atom. The molecular weight excluding hydrogens is 256 g/mol.